The number of ether oxygens (including phenoxy) is 2. The first-order valence-corrected chi connectivity index (χ1v) is 7.16. The molecule has 108 valence electrons. The van der Waals surface area contributed by atoms with Crippen LogP contribution in [0, 0.1) is 0 Å². The first kappa shape index (κ1) is 13.2. The Kier molecular flexibility index (Phi) is 3.78. The molecular weight excluding hydrogens is 256 g/mol. The predicted octanol–water partition coefficient (Wildman–Crippen LogP) is 2.23. The van der Waals surface area contributed by atoms with Crippen molar-refractivity contribution in [2.24, 2.45) is 0 Å². The highest BCUT2D eigenvalue weighted by atomic mass is 16.7. The third-order valence-electron chi connectivity index (χ3n) is 3.94. The molecule has 1 N–H and O–H groups in total. The summed E-state index contributed by atoms with van der Waals surface area (Å²) in [5.41, 5.74) is 0.754. The SMILES string of the molecule is C[C@H]1CCCCN1CC(=O)Nc1ccc2c(c1)OCO2. The molecule has 0 saturated carbocycles. The van der Waals surface area contributed by atoms with E-state index in [1.165, 1.54) is 19.3 Å². The van der Waals surface area contributed by atoms with Crippen molar-refractivity contribution in [2.45, 2.75) is 32.2 Å². The van der Waals surface area contributed by atoms with Crippen molar-refractivity contribution >= 4 is 11.6 Å². The number of rotatable bonds is 3. The van der Waals surface area contributed by atoms with Crippen molar-refractivity contribution in [2.75, 3.05) is 25.2 Å². The number of carbonyl (C=O) groups excluding carboxylic acids is 1. The summed E-state index contributed by atoms with van der Waals surface area (Å²) < 4.78 is 10.6. The van der Waals surface area contributed by atoms with Gasteiger partial charge >= 0.3 is 0 Å². The fourth-order valence-electron chi connectivity index (χ4n) is 2.75. The molecule has 0 radical (unpaired) electrons. The van der Waals surface area contributed by atoms with E-state index in [1.54, 1.807) is 6.07 Å². The van der Waals surface area contributed by atoms with Gasteiger partial charge in [0.2, 0.25) is 12.7 Å². The average Bonchev–Trinajstić information content (AvgIpc) is 2.89. The van der Waals surface area contributed by atoms with Gasteiger partial charge in [0.25, 0.3) is 0 Å². The predicted molar refractivity (Wildman–Crippen MR) is 76.1 cm³/mol. The van der Waals surface area contributed by atoms with Crippen LogP contribution < -0.4 is 14.8 Å². The van der Waals surface area contributed by atoms with Crippen LogP contribution in [0.5, 0.6) is 11.5 Å². The number of amides is 1. The lowest BCUT2D eigenvalue weighted by Crippen LogP contribution is -2.42. The lowest BCUT2D eigenvalue weighted by molar-refractivity contribution is -0.118. The van der Waals surface area contributed by atoms with Gasteiger partial charge in [0.1, 0.15) is 0 Å². The summed E-state index contributed by atoms with van der Waals surface area (Å²) in [5.74, 6) is 1.44. The quantitative estimate of drug-likeness (QED) is 0.919. The van der Waals surface area contributed by atoms with Gasteiger partial charge in [0.05, 0.1) is 6.54 Å². The number of nitrogens with one attached hydrogen (secondary N) is 1. The van der Waals surface area contributed by atoms with E-state index >= 15 is 0 Å². The minimum Gasteiger partial charge on any atom is -0.454 e. The van der Waals surface area contributed by atoms with Gasteiger partial charge in [-0.3, -0.25) is 9.69 Å². The molecule has 0 aromatic heterocycles. The molecule has 5 nitrogen and oxygen atoms in total. The molecule has 20 heavy (non-hydrogen) atoms. The number of carbonyl (C=O) groups is 1. The molecule has 1 fully saturated rings. The van der Waals surface area contributed by atoms with Crippen LogP contribution in [0.2, 0.25) is 0 Å². The molecular formula is C15H20N2O3. The van der Waals surface area contributed by atoms with Gasteiger partial charge in [-0.2, -0.15) is 0 Å². The van der Waals surface area contributed by atoms with Crippen molar-refractivity contribution < 1.29 is 14.3 Å². The Balaban J connectivity index is 1.58. The Labute approximate surface area is 118 Å². The Morgan fingerprint density at radius 2 is 2.20 bits per heavy atom. The molecule has 0 spiro atoms. The van der Waals surface area contributed by atoms with Crippen molar-refractivity contribution in [3.63, 3.8) is 0 Å². The number of piperidine rings is 1. The summed E-state index contributed by atoms with van der Waals surface area (Å²) in [5, 5.41) is 2.92. The molecule has 2 aliphatic heterocycles. The number of hydrogen-bond acceptors (Lipinski definition) is 4. The van der Waals surface area contributed by atoms with Crippen LogP contribution in [-0.4, -0.2) is 36.7 Å². The van der Waals surface area contributed by atoms with Crippen LogP contribution >= 0.6 is 0 Å². The molecule has 1 aromatic carbocycles. The smallest absolute Gasteiger partial charge is 0.238 e. The first-order valence-electron chi connectivity index (χ1n) is 7.16. The molecule has 1 aromatic rings. The maximum Gasteiger partial charge on any atom is 0.238 e. The molecule has 0 unspecified atom stereocenters. The van der Waals surface area contributed by atoms with Crippen molar-refractivity contribution in [3.05, 3.63) is 18.2 Å². The second kappa shape index (κ2) is 5.71. The van der Waals surface area contributed by atoms with Crippen molar-refractivity contribution in [1.82, 2.24) is 4.90 Å². The number of nitrogens with zero attached hydrogens (tertiary/aromatic N) is 1. The summed E-state index contributed by atoms with van der Waals surface area (Å²) in [6, 6.07) is 5.96. The standard InChI is InChI=1S/C15H20N2O3/c1-11-4-2-3-7-17(11)9-15(18)16-12-5-6-13-14(8-12)20-10-19-13/h5-6,8,11H,2-4,7,9-10H2,1H3,(H,16,18)/t11-/m0/s1. The monoisotopic (exact) mass is 276 g/mol. The van der Waals surface area contributed by atoms with E-state index < -0.39 is 0 Å². The zero-order valence-corrected chi connectivity index (χ0v) is 11.7. The van der Waals surface area contributed by atoms with Gasteiger partial charge < -0.3 is 14.8 Å². The fourth-order valence-corrected chi connectivity index (χ4v) is 2.75. The van der Waals surface area contributed by atoms with Crippen LogP contribution in [0.25, 0.3) is 0 Å². The number of hydrogen-bond donors (Lipinski definition) is 1. The van der Waals surface area contributed by atoms with Crippen LogP contribution in [0.4, 0.5) is 5.69 Å². The summed E-state index contributed by atoms with van der Waals surface area (Å²) in [6.45, 7) is 3.90. The summed E-state index contributed by atoms with van der Waals surface area (Å²) >= 11 is 0. The van der Waals surface area contributed by atoms with Gasteiger partial charge in [0, 0.05) is 17.8 Å². The second-order valence-corrected chi connectivity index (χ2v) is 5.43. The number of likely N-dealkylation sites (tertiary alicyclic amines) is 1. The molecule has 0 bridgehead atoms. The lowest BCUT2D eigenvalue weighted by Gasteiger charge is -2.32. The maximum absolute atomic E-state index is 12.1. The Morgan fingerprint density at radius 1 is 1.35 bits per heavy atom. The van der Waals surface area contributed by atoms with E-state index in [1.807, 2.05) is 12.1 Å². The molecule has 1 amide bonds. The van der Waals surface area contributed by atoms with E-state index in [0.29, 0.717) is 18.3 Å². The van der Waals surface area contributed by atoms with Gasteiger partial charge in [-0.05, 0) is 38.4 Å². The molecule has 2 heterocycles. The Hall–Kier alpha value is -1.75. The average molecular weight is 276 g/mol. The van der Waals surface area contributed by atoms with E-state index in [9.17, 15) is 4.79 Å². The van der Waals surface area contributed by atoms with Crippen LogP contribution in [0.1, 0.15) is 26.2 Å². The molecule has 2 aliphatic rings. The highest BCUT2D eigenvalue weighted by molar-refractivity contribution is 5.92. The van der Waals surface area contributed by atoms with E-state index in [-0.39, 0.29) is 12.7 Å². The van der Waals surface area contributed by atoms with Gasteiger partial charge in [-0.15, -0.1) is 0 Å². The highest BCUT2D eigenvalue weighted by Gasteiger charge is 2.21. The largest absolute Gasteiger partial charge is 0.454 e. The van der Waals surface area contributed by atoms with Crippen molar-refractivity contribution in [3.8, 4) is 11.5 Å². The minimum absolute atomic E-state index is 0.0256. The number of benzene rings is 1. The molecule has 1 atom stereocenters. The Morgan fingerprint density at radius 3 is 3.05 bits per heavy atom. The maximum atomic E-state index is 12.1. The van der Waals surface area contributed by atoms with Crippen LogP contribution in [0.15, 0.2) is 18.2 Å². The van der Waals surface area contributed by atoms with Crippen LogP contribution in [0.3, 0.4) is 0 Å². The summed E-state index contributed by atoms with van der Waals surface area (Å²) in [7, 11) is 0. The second-order valence-electron chi connectivity index (χ2n) is 5.43. The summed E-state index contributed by atoms with van der Waals surface area (Å²) in [4.78, 5) is 14.3. The highest BCUT2D eigenvalue weighted by Crippen LogP contribution is 2.34. The molecule has 0 aliphatic carbocycles. The number of fused-ring (bicyclic) bond motifs is 1. The van der Waals surface area contributed by atoms with E-state index in [2.05, 4.69) is 17.1 Å². The van der Waals surface area contributed by atoms with E-state index in [4.69, 9.17) is 9.47 Å². The molecule has 3 rings (SSSR count). The lowest BCUT2D eigenvalue weighted by atomic mass is 10.0. The van der Waals surface area contributed by atoms with Crippen LogP contribution in [-0.2, 0) is 4.79 Å². The zero-order chi connectivity index (χ0) is 13.9. The van der Waals surface area contributed by atoms with Crippen molar-refractivity contribution in [1.29, 1.82) is 0 Å². The summed E-state index contributed by atoms with van der Waals surface area (Å²) in [6.07, 6.45) is 3.63. The molecule has 5 heteroatoms. The Bertz CT molecular complexity index is 504. The minimum atomic E-state index is 0.0256. The topological polar surface area (TPSA) is 50.8 Å². The van der Waals surface area contributed by atoms with Gasteiger partial charge in [-0.1, -0.05) is 6.42 Å². The number of anilines is 1. The third-order valence-corrected chi connectivity index (χ3v) is 3.94. The fraction of sp³-hybridized carbons (Fsp3) is 0.533. The third kappa shape index (κ3) is 2.88. The molecule has 1 saturated heterocycles. The van der Waals surface area contributed by atoms with E-state index in [0.717, 1.165) is 18.0 Å². The van der Waals surface area contributed by atoms with Gasteiger partial charge in [-0.25, -0.2) is 0 Å². The zero-order valence-electron chi connectivity index (χ0n) is 11.7. The first-order chi connectivity index (χ1) is 9.72. The normalized spacial score (nSPS) is 21.8. The van der Waals surface area contributed by atoms with Gasteiger partial charge in [0.15, 0.2) is 11.5 Å².